The van der Waals surface area contributed by atoms with Crippen molar-refractivity contribution >= 4 is 38.5 Å². The van der Waals surface area contributed by atoms with E-state index in [2.05, 4.69) is 20.6 Å². The van der Waals surface area contributed by atoms with Crippen LogP contribution in [0.2, 0.25) is 0 Å². The monoisotopic (exact) mass is 725 g/mol. The number of furan rings is 1. The zero-order valence-corrected chi connectivity index (χ0v) is 29.9. The number of halogens is 3. The van der Waals surface area contributed by atoms with Gasteiger partial charge in [0.05, 0.1) is 22.1 Å². The van der Waals surface area contributed by atoms with E-state index in [1.807, 2.05) is 6.07 Å². The van der Waals surface area contributed by atoms with Crippen molar-refractivity contribution in [3.63, 3.8) is 0 Å². The molecule has 53 heavy (non-hydrogen) atoms. The Morgan fingerprint density at radius 3 is 2.68 bits per heavy atom. The molecule has 0 saturated carbocycles. The summed E-state index contributed by atoms with van der Waals surface area (Å²) < 4.78 is 65.6. The number of phenolic OH excluding ortho intramolecular Hbond substituents is 1. The first kappa shape index (κ1) is 34.2. The number of aryl methyl sites for hydroxylation is 1. The fourth-order valence-corrected chi connectivity index (χ4v) is 9.80. The van der Waals surface area contributed by atoms with Gasteiger partial charge in [-0.05, 0) is 75.2 Å². The minimum absolute atomic E-state index is 0.00106. The third-order valence-electron chi connectivity index (χ3n) is 12.0. The zero-order valence-electron chi connectivity index (χ0n) is 29.9. The van der Waals surface area contributed by atoms with Crippen molar-refractivity contribution in [3.8, 4) is 35.2 Å². The van der Waals surface area contributed by atoms with Crippen LogP contribution < -0.4 is 9.64 Å². The Morgan fingerprint density at radius 2 is 1.91 bits per heavy atom. The number of nitrogens with zero attached hydrogens (tertiary/aromatic N) is 5. The molecule has 0 aliphatic carbocycles. The second-order valence-electron chi connectivity index (χ2n) is 15.2. The van der Waals surface area contributed by atoms with Crippen molar-refractivity contribution in [2.45, 2.75) is 69.2 Å². The van der Waals surface area contributed by atoms with E-state index in [-0.39, 0.29) is 63.6 Å². The predicted molar refractivity (Wildman–Crippen MR) is 197 cm³/mol. The van der Waals surface area contributed by atoms with Crippen LogP contribution in [0.3, 0.4) is 0 Å². The summed E-state index contributed by atoms with van der Waals surface area (Å²) in [5.41, 5.74) is -0.115. The molecule has 9 nitrogen and oxygen atoms in total. The van der Waals surface area contributed by atoms with Crippen LogP contribution in [0.1, 0.15) is 49.8 Å². The van der Waals surface area contributed by atoms with E-state index in [1.165, 1.54) is 24.3 Å². The molecule has 12 heteroatoms. The lowest BCUT2D eigenvalue weighted by atomic mass is 9.91. The summed E-state index contributed by atoms with van der Waals surface area (Å²) in [5, 5.41) is 12.6. The minimum atomic E-state index is -0.935. The quantitative estimate of drug-likeness (QED) is 0.126. The Morgan fingerprint density at radius 1 is 1.09 bits per heavy atom. The zero-order chi connectivity index (χ0) is 36.6. The summed E-state index contributed by atoms with van der Waals surface area (Å²) in [6.07, 6.45) is 10.0. The molecule has 0 radical (unpaired) electrons. The Bertz CT molecular complexity index is 2290. The van der Waals surface area contributed by atoms with Crippen molar-refractivity contribution in [1.82, 2.24) is 19.8 Å². The molecular formula is C41H42F3N5O4. The van der Waals surface area contributed by atoms with Crippen LogP contribution in [0.5, 0.6) is 11.8 Å². The van der Waals surface area contributed by atoms with Gasteiger partial charge in [-0.15, -0.1) is 6.42 Å². The van der Waals surface area contributed by atoms with Crippen molar-refractivity contribution in [2.24, 2.45) is 0 Å². The van der Waals surface area contributed by atoms with Gasteiger partial charge in [-0.1, -0.05) is 12.0 Å². The van der Waals surface area contributed by atoms with E-state index in [0.717, 1.165) is 45.2 Å². The Kier molecular flexibility index (Phi) is 8.44. The Labute approximate surface area is 305 Å². The number of rotatable bonds is 9. The van der Waals surface area contributed by atoms with E-state index in [0.29, 0.717) is 60.4 Å². The number of phenols is 1. The standard InChI is InChI=1S/C41H42F3N5O4/c1-4-29-32(43)10-7-24-16-28(50)17-30(33(24)29)34-36(44)37-35(31-15-23(2)53-38(31)34)39(47-20-26-8-9-27(21-47)49(26)13-6-14-51-3)46-40(45-37)52-22-41-11-5-12-48(41)19-25(42)18-41/h1,7,10,15-17,25-27,50H,5-6,8-9,11-14,18-22H2,2-3H3/t25-,26-,27+,41+/m1/s1. The average molecular weight is 726 g/mol. The van der Waals surface area contributed by atoms with Gasteiger partial charge >= 0.3 is 6.01 Å². The molecule has 5 aromatic rings. The summed E-state index contributed by atoms with van der Waals surface area (Å²) in [5.74, 6) is 1.98. The number of hydrogen-bond acceptors (Lipinski definition) is 9. The van der Waals surface area contributed by atoms with E-state index >= 15 is 8.78 Å². The molecule has 4 aliphatic heterocycles. The largest absolute Gasteiger partial charge is 0.508 e. The molecule has 0 amide bonds. The van der Waals surface area contributed by atoms with Crippen LogP contribution in [-0.4, -0.2) is 102 Å². The van der Waals surface area contributed by atoms with Crippen molar-refractivity contribution in [2.75, 3.05) is 57.9 Å². The first-order valence-electron chi connectivity index (χ1n) is 18.5. The van der Waals surface area contributed by atoms with Gasteiger partial charge < -0.3 is 23.9 Å². The van der Waals surface area contributed by atoms with Crippen molar-refractivity contribution < 1.29 is 32.2 Å². The van der Waals surface area contributed by atoms with E-state index < -0.39 is 23.3 Å². The lowest BCUT2D eigenvalue weighted by molar-refractivity contribution is 0.107. The number of ether oxygens (including phenoxy) is 2. The molecule has 4 fully saturated rings. The van der Waals surface area contributed by atoms with Gasteiger partial charge in [0.2, 0.25) is 0 Å². The summed E-state index contributed by atoms with van der Waals surface area (Å²) in [6, 6.07) is 8.00. The minimum Gasteiger partial charge on any atom is -0.508 e. The maximum atomic E-state index is 17.7. The molecule has 3 aromatic carbocycles. The fourth-order valence-electron chi connectivity index (χ4n) is 9.80. The second-order valence-corrected chi connectivity index (χ2v) is 15.2. The number of aromatic nitrogens is 2. The first-order valence-corrected chi connectivity index (χ1v) is 18.5. The predicted octanol–water partition coefficient (Wildman–Crippen LogP) is 7.11. The van der Waals surface area contributed by atoms with Crippen LogP contribution in [-0.2, 0) is 4.74 Å². The number of fused-ring (bicyclic) bond motifs is 7. The van der Waals surface area contributed by atoms with Crippen LogP contribution in [0.4, 0.5) is 19.0 Å². The maximum Gasteiger partial charge on any atom is 0.319 e. The Hall–Kier alpha value is -4.57. The highest BCUT2D eigenvalue weighted by Crippen LogP contribution is 2.47. The Balaban J connectivity index is 1.24. The lowest BCUT2D eigenvalue weighted by Crippen LogP contribution is -2.54. The van der Waals surface area contributed by atoms with Crippen molar-refractivity contribution in [3.05, 3.63) is 53.3 Å². The number of methoxy groups -OCH3 is 1. The van der Waals surface area contributed by atoms with Gasteiger partial charge in [-0.2, -0.15) is 9.97 Å². The number of anilines is 1. The molecule has 4 saturated heterocycles. The van der Waals surface area contributed by atoms with Crippen LogP contribution >= 0.6 is 0 Å². The smallest absolute Gasteiger partial charge is 0.319 e. The number of terminal acetylenes is 1. The lowest BCUT2D eigenvalue weighted by Gasteiger charge is -2.42. The highest BCUT2D eigenvalue weighted by atomic mass is 19.1. The van der Waals surface area contributed by atoms with Gasteiger partial charge in [-0.25, -0.2) is 13.2 Å². The molecule has 1 N–H and O–H groups in total. The normalized spacial score (nSPS) is 24.5. The number of aromatic hydroxyl groups is 1. The average Bonchev–Trinajstić information content (AvgIpc) is 3.85. The molecule has 0 spiro atoms. The molecule has 2 bridgehead atoms. The van der Waals surface area contributed by atoms with Gasteiger partial charge in [0.15, 0.2) is 5.82 Å². The number of alkyl halides is 1. The fraction of sp³-hybridized carbons (Fsp3) is 0.463. The first-order chi connectivity index (χ1) is 25.7. The van der Waals surface area contributed by atoms with Crippen LogP contribution in [0, 0.1) is 30.9 Å². The molecule has 9 rings (SSSR count). The molecule has 4 aliphatic rings. The number of benzene rings is 3. The highest BCUT2D eigenvalue weighted by Gasteiger charge is 2.49. The number of hydrogen-bond donors (Lipinski definition) is 1. The third kappa shape index (κ3) is 5.58. The van der Waals surface area contributed by atoms with E-state index in [9.17, 15) is 9.50 Å². The van der Waals surface area contributed by atoms with Gasteiger partial charge in [-0.3, -0.25) is 9.80 Å². The van der Waals surface area contributed by atoms with Crippen molar-refractivity contribution in [1.29, 1.82) is 0 Å². The SMILES string of the molecule is C#Cc1c(F)ccc2cc(O)cc(-c3c(F)c4nc(OC[C@@]56CCCN5C[C@H](F)C6)nc(N5C[C@H]6CC[C@@H](C5)N6CCCOC)c4c4cc(C)oc34)c12. The van der Waals surface area contributed by atoms with E-state index in [1.54, 1.807) is 14.0 Å². The summed E-state index contributed by atoms with van der Waals surface area (Å²) in [6.45, 7) is 6.13. The number of piperazine rings is 1. The topological polar surface area (TPSA) is 87.3 Å². The van der Waals surface area contributed by atoms with Crippen LogP contribution in [0.25, 0.3) is 43.8 Å². The summed E-state index contributed by atoms with van der Waals surface area (Å²) >= 11 is 0. The van der Waals surface area contributed by atoms with Crippen LogP contribution in [0.15, 0.2) is 34.7 Å². The molecule has 276 valence electrons. The third-order valence-corrected chi connectivity index (χ3v) is 12.0. The molecular weight excluding hydrogens is 683 g/mol. The highest BCUT2D eigenvalue weighted by molar-refractivity contribution is 6.18. The van der Waals surface area contributed by atoms with Gasteiger partial charge in [0.25, 0.3) is 0 Å². The molecule has 4 atom stereocenters. The molecule has 2 aromatic heterocycles. The van der Waals surface area contributed by atoms with Gasteiger partial charge in [0, 0.05) is 74.7 Å². The van der Waals surface area contributed by atoms with E-state index in [4.69, 9.17) is 30.3 Å². The maximum absolute atomic E-state index is 17.7. The molecule has 0 unspecified atom stereocenters. The molecule has 6 heterocycles. The van der Waals surface area contributed by atoms with Gasteiger partial charge in [0.1, 0.15) is 47.0 Å². The summed E-state index contributed by atoms with van der Waals surface area (Å²) in [4.78, 5) is 16.7. The second kappa shape index (κ2) is 13.1. The summed E-state index contributed by atoms with van der Waals surface area (Å²) in [7, 11) is 1.72.